The summed E-state index contributed by atoms with van der Waals surface area (Å²) in [6.45, 7) is 1.18. The summed E-state index contributed by atoms with van der Waals surface area (Å²) in [5.74, 6) is 0. The first-order valence-electron chi connectivity index (χ1n) is 3.63. The molecule has 2 atom stereocenters. The number of ether oxygens (including phenoxy) is 3. The van der Waals surface area contributed by atoms with Crippen LogP contribution in [-0.2, 0) is 14.2 Å². The maximum atomic E-state index is 8.05. The second-order valence-corrected chi connectivity index (χ2v) is 2.37. The van der Waals surface area contributed by atoms with Crippen LogP contribution < -0.4 is 0 Å². The van der Waals surface area contributed by atoms with Gasteiger partial charge in [-0.2, -0.15) is 0 Å². The van der Waals surface area contributed by atoms with E-state index in [9.17, 15) is 0 Å². The third-order valence-electron chi connectivity index (χ3n) is 1.51. The highest BCUT2D eigenvalue weighted by Crippen LogP contribution is 2.08. The fourth-order valence-corrected chi connectivity index (χ4v) is 0.936. The molecule has 1 aliphatic rings. The summed E-state index contributed by atoms with van der Waals surface area (Å²) < 4.78 is 15.4. The van der Waals surface area contributed by atoms with Crippen molar-refractivity contribution in [2.45, 2.75) is 12.4 Å². The molecule has 68 valence electrons. The number of azide groups is 1. The van der Waals surface area contributed by atoms with Crippen LogP contribution in [0.15, 0.2) is 5.11 Å². The zero-order valence-electron chi connectivity index (χ0n) is 6.84. The van der Waals surface area contributed by atoms with Crippen molar-refractivity contribution < 1.29 is 14.2 Å². The van der Waals surface area contributed by atoms with Gasteiger partial charge in [0.25, 0.3) is 0 Å². The van der Waals surface area contributed by atoms with Crippen LogP contribution >= 0.6 is 0 Å². The van der Waals surface area contributed by atoms with E-state index in [-0.39, 0.29) is 18.9 Å². The van der Waals surface area contributed by atoms with Crippen LogP contribution in [0.5, 0.6) is 0 Å². The maximum Gasteiger partial charge on any atom is 0.180 e. The Bertz CT molecular complexity index is 181. The molecule has 0 aliphatic carbocycles. The molecular formula is C6H11N3O3. The molecule has 1 saturated heterocycles. The average Bonchev–Trinajstić information content (AvgIpc) is 2.15. The van der Waals surface area contributed by atoms with Gasteiger partial charge in [0.15, 0.2) is 6.29 Å². The summed E-state index contributed by atoms with van der Waals surface area (Å²) in [4.78, 5) is 2.63. The fourth-order valence-electron chi connectivity index (χ4n) is 0.936. The van der Waals surface area contributed by atoms with Crippen LogP contribution in [0, 0.1) is 0 Å². The van der Waals surface area contributed by atoms with Crippen LogP contribution in [0.25, 0.3) is 10.4 Å². The van der Waals surface area contributed by atoms with E-state index in [1.54, 1.807) is 7.11 Å². The van der Waals surface area contributed by atoms with Gasteiger partial charge in [-0.05, 0) is 5.53 Å². The van der Waals surface area contributed by atoms with Gasteiger partial charge in [-0.3, -0.25) is 0 Å². The number of rotatable bonds is 3. The number of hydrogen-bond acceptors (Lipinski definition) is 4. The van der Waals surface area contributed by atoms with E-state index in [0.717, 1.165) is 0 Å². The van der Waals surface area contributed by atoms with Crippen LogP contribution in [0.4, 0.5) is 0 Å². The molecule has 0 spiro atoms. The molecule has 0 bridgehead atoms. The zero-order valence-corrected chi connectivity index (χ0v) is 6.84. The molecule has 0 N–H and O–H groups in total. The van der Waals surface area contributed by atoms with Crippen molar-refractivity contribution >= 4 is 0 Å². The van der Waals surface area contributed by atoms with E-state index in [2.05, 4.69) is 10.0 Å². The first kappa shape index (κ1) is 9.28. The van der Waals surface area contributed by atoms with E-state index in [0.29, 0.717) is 13.2 Å². The lowest BCUT2D eigenvalue weighted by molar-refractivity contribution is -0.229. The molecule has 0 saturated carbocycles. The van der Waals surface area contributed by atoms with Crippen molar-refractivity contribution in [3.05, 3.63) is 10.4 Å². The highest BCUT2D eigenvalue weighted by molar-refractivity contribution is 4.66. The number of hydrogen-bond donors (Lipinski definition) is 0. The minimum Gasteiger partial charge on any atom is -0.373 e. The normalized spacial score (nSPS) is 29.4. The Hall–Kier alpha value is -0.810. The van der Waals surface area contributed by atoms with Crippen molar-refractivity contribution in [3.63, 3.8) is 0 Å². The van der Waals surface area contributed by atoms with Gasteiger partial charge in [0, 0.05) is 12.0 Å². The molecule has 0 aromatic heterocycles. The topological polar surface area (TPSA) is 76.5 Å². The molecule has 0 aromatic carbocycles. The summed E-state index contributed by atoms with van der Waals surface area (Å²) >= 11 is 0. The lowest BCUT2D eigenvalue weighted by Gasteiger charge is -2.27. The lowest BCUT2D eigenvalue weighted by atomic mass is 10.3. The van der Waals surface area contributed by atoms with Crippen LogP contribution in [0.1, 0.15) is 0 Å². The minimum atomic E-state index is -0.336. The molecule has 0 radical (unpaired) electrons. The molecular weight excluding hydrogens is 162 g/mol. The van der Waals surface area contributed by atoms with Crippen LogP contribution in [-0.4, -0.2) is 39.3 Å². The zero-order chi connectivity index (χ0) is 8.81. The van der Waals surface area contributed by atoms with Crippen molar-refractivity contribution in [2.24, 2.45) is 5.11 Å². The van der Waals surface area contributed by atoms with Crippen LogP contribution in [0.2, 0.25) is 0 Å². The first-order valence-corrected chi connectivity index (χ1v) is 3.63. The Balaban J connectivity index is 2.30. The second-order valence-electron chi connectivity index (χ2n) is 2.37. The quantitative estimate of drug-likeness (QED) is 0.358. The van der Waals surface area contributed by atoms with E-state index in [1.165, 1.54) is 0 Å². The van der Waals surface area contributed by atoms with E-state index >= 15 is 0 Å². The van der Waals surface area contributed by atoms with Gasteiger partial charge in [-0.15, -0.1) is 0 Å². The largest absolute Gasteiger partial charge is 0.373 e. The molecule has 6 heteroatoms. The molecule has 0 amide bonds. The molecule has 1 heterocycles. The molecule has 1 aliphatic heterocycles. The summed E-state index contributed by atoms with van der Waals surface area (Å²) in [7, 11) is 1.55. The number of methoxy groups -OCH3 is 1. The number of nitrogens with zero attached hydrogens (tertiary/aromatic N) is 3. The highest BCUT2D eigenvalue weighted by atomic mass is 16.7. The Morgan fingerprint density at radius 3 is 3.17 bits per heavy atom. The molecule has 6 nitrogen and oxygen atoms in total. The van der Waals surface area contributed by atoms with Crippen molar-refractivity contribution in [1.82, 2.24) is 0 Å². The minimum absolute atomic E-state index is 0.181. The predicted octanol–water partition coefficient (Wildman–Crippen LogP) is 0.685. The Morgan fingerprint density at radius 1 is 1.67 bits per heavy atom. The summed E-state index contributed by atoms with van der Waals surface area (Å²) in [5.41, 5.74) is 8.05. The molecule has 1 fully saturated rings. The van der Waals surface area contributed by atoms with Gasteiger partial charge in [0.2, 0.25) is 0 Å². The van der Waals surface area contributed by atoms with Crippen molar-refractivity contribution in [3.8, 4) is 0 Å². The van der Waals surface area contributed by atoms with E-state index < -0.39 is 0 Å². The van der Waals surface area contributed by atoms with Gasteiger partial charge < -0.3 is 14.2 Å². The second kappa shape index (κ2) is 4.95. The van der Waals surface area contributed by atoms with Crippen molar-refractivity contribution in [2.75, 3.05) is 26.9 Å². The Morgan fingerprint density at radius 2 is 2.50 bits per heavy atom. The molecule has 0 aromatic rings. The predicted molar refractivity (Wildman–Crippen MR) is 40.5 cm³/mol. The van der Waals surface area contributed by atoms with Crippen molar-refractivity contribution in [1.29, 1.82) is 0 Å². The lowest BCUT2D eigenvalue weighted by Crippen LogP contribution is -2.38. The van der Waals surface area contributed by atoms with Gasteiger partial charge in [-0.1, -0.05) is 5.11 Å². The summed E-state index contributed by atoms with van der Waals surface area (Å²) in [5, 5.41) is 3.38. The Kier molecular flexibility index (Phi) is 3.83. The molecule has 0 unspecified atom stereocenters. The van der Waals surface area contributed by atoms with Crippen LogP contribution in [0.3, 0.4) is 0 Å². The molecule has 12 heavy (non-hydrogen) atoms. The fraction of sp³-hybridized carbons (Fsp3) is 1.00. The maximum absolute atomic E-state index is 8.05. The smallest absolute Gasteiger partial charge is 0.180 e. The van der Waals surface area contributed by atoms with Gasteiger partial charge in [0.05, 0.1) is 25.9 Å². The van der Waals surface area contributed by atoms with E-state index in [4.69, 9.17) is 19.7 Å². The Labute approximate surface area is 70.0 Å². The average molecular weight is 173 g/mol. The third kappa shape index (κ3) is 2.67. The standard InChI is InChI=1S/C6H11N3O3/c1-10-6-4-11-3-5(12-6)2-8-9-7/h5-6H,2-4H2,1H3/t5-,6+/m0/s1. The van der Waals surface area contributed by atoms with Gasteiger partial charge in [-0.25, -0.2) is 0 Å². The van der Waals surface area contributed by atoms with Gasteiger partial charge >= 0.3 is 0 Å². The SMILES string of the molecule is CO[C@H]1COC[C@H](CN=[N+]=[N-])O1. The summed E-state index contributed by atoms with van der Waals surface area (Å²) in [6.07, 6.45) is -0.516. The first-order chi connectivity index (χ1) is 5.86. The summed E-state index contributed by atoms with van der Waals surface area (Å²) in [6, 6.07) is 0. The third-order valence-corrected chi connectivity index (χ3v) is 1.51. The van der Waals surface area contributed by atoms with E-state index in [1.807, 2.05) is 0 Å². The highest BCUT2D eigenvalue weighted by Gasteiger charge is 2.21. The van der Waals surface area contributed by atoms with Gasteiger partial charge in [0.1, 0.15) is 0 Å². The monoisotopic (exact) mass is 173 g/mol. The molecule has 1 rings (SSSR count).